The van der Waals surface area contributed by atoms with Crippen LogP contribution < -0.4 is 5.32 Å². The van der Waals surface area contributed by atoms with Crippen molar-refractivity contribution in [2.45, 2.75) is 38.6 Å². The molecule has 0 heterocycles. The summed E-state index contributed by atoms with van der Waals surface area (Å²) < 4.78 is 0. The Labute approximate surface area is 113 Å². The summed E-state index contributed by atoms with van der Waals surface area (Å²) in [5.41, 5.74) is 2.59. The smallest absolute Gasteiger partial charge is 0.306 e. The normalized spacial score (nSPS) is 22.5. The van der Waals surface area contributed by atoms with E-state index < -0.39 is 5.97 Å². The third-order valence-corrected chi connectivity index (χ3v) is 3.74. The number of hydrogen-bond acceptors (Lipinski definition) is 3. The highest BCUT2D eigenvalue weighted by atomic mass is 16.4. The van der Waals surface area contributed by atoms with Gasteiger partial charge in [-0.25, -0.2) is 0 Å². The number of nitrogens with zero attached hydrogens (tertiary/aromatic N) is 1. The van der Waals surface area contributed by atoms with Crippen molar-refractivity contribution in [2.75, 3.05) is 5.32 Å². The van der Waals surface area contributed by atoms with Gasteiger partial charge in [0.25, 0.3) is 0 Å². The molecule has 2 rings (SSSR count). The van der Waals surface area contributed by atoms with Crippen molar-refractivity contribution in [3.63, 3.8) is 0 Å². The lowest BCUT2D eigenvalue weighted by Crippen LogP contribution is -2.30. The summed E-state index contributed by atoms with van der Waals surface area (Å²) in [7, 11) is 0. The van der Waals surface area contributed by atoms with Crippen molar-refractivity contribution in [2.24, 2.45) is 5.92 Å². The molecule has 1 aliphatic rings. The zero-order valence-electron chi connectivity index (χ0n) is 11.0. The van der Waals surface area contributed by atoms with E-state index in [1.807, 2.05) is 19.1 Å². The molecule has 0 aromatic heterocycles. The topological polar surface area (TPSA) is 73.1 Å². The summed E-state index contributed by atoms with van der Waals surface area (Å²) in [6.45, 7) is 1.91. The van der Waals surface area contributed by atoms with Gasteiger partial charge in [-0.05, 0) is 49.9 Å². The lowest BCUT2D eigenvalue weighted by molar-refractivity contribution is -0.142. The predicted octanol–water partition coefficient (Wildman–Crippen LogP) is 2.92. The molecule has 1 saturated carbocycles. The minimum absolute atomic E-state index is 0.210. The van der Waals surface area contributed by atoms with E-state index in [9.17, 15) is 4.79 Å². The second-order valence-corrected chi connectivity index (χ2v) is 5.18. The summed E-state index contributed by atoms with van der Waals surface area (Å²) in [5, 5.41) is 21.3. The van der Waals surface area contributed by atoms with Crippen molar-refractivity contribution in [3.05, 3.63) is 29.3 Å². The third-order valence-electron chi connectivity index (χ3n) is 3.74. The number of hydrogen-bond donors (Lipinski definition) is 2. The third kappa shape index (κ3) is 3.25. The molecule has 1 fully saturated rings. The first kappa shape index (κ1) is 13.4. The van der Waals surface area contributed by atoms with E-state index in [-0.39, 0.29) is 12.0 Å². The van der Waals surface area contributed by atoms with Crippen LogP contribution in [0.3, 0.4) is 0 Å². The quantitative estimate of drug-likeness (QED) is 0.874. The molecule has 100 valence electrons. The Morgan fingerprint density at radius 3 is 2.89 bits per heavy atom. The van der Waals surface area contributed by atoms with Crippen molar-refractivity contribution >= 4 is 11.7 Å². The number of nitrogens with one attached hydrogen (secondary N) is 1. The summed E-state index contributed by atoms with van der Waals surface area (Å²) in [6.07, 6.45) is 3.40. The molecule has 0 aliphatic heterocycles. The number of rotatable bonds is 3. The number of carbonyl (C=O) groups is 1. The van der Waals surface area contributed by atoms with E-state index in [4.69, 9.17) is 10.4 Å². The van der Waals surface area contributed by atoms with Gasteiger partial charge in [0.15, 0.2) is 0 Å². The van der Waals surface area contributed by atoms with Crippen LogP contribution in [0.4, 0.5) is 5.69 Å². The van der Waals surface area contributed by atoms with Gasteiger partial charge in [-0.3, -0.25) is 4.79 Å². The highest BCUT2D eigenvalue weighted by Crippen LogP contribution is 2.27. The van der Waals surface area contributed by atoms with Gasteiger partial charge in [0.2, 0.25) is 0 Å². The monoisotopic (exact) mass is 258 g/mol. The number of nitriles is 1. The lowest BCUT2D eigenvalue weighted by Gasteiger charge is -2.28. The van der Waals surface area contributed by atoms with E-state index in [0.717, 1.165) is 30.5 Å². The average Bonchev–Trinajstić information content (AvgIpc) is 2.39. The molecule has 0 amide bonds. The Morgan fingerprint density at radius 2 is 2.26 bits per heavy atom. The summed E-state index contributed by atoms with van der Waals surface area (Å²) >= 11 is 0. The SMILES string of the molecule is Cc1cc(NC2CCCC(C(=O)O)C2)ccc1C#N. The van der Waals surface area contributed by atoms with Gasteiger partial charge < -0.3 is 10.4 Å². The molecule has 2 N–H and O–H groups in total. The molecule has 1 aliphatic carbocycles. The Bertz CT molecular complexity index is 519. The average molecular weight is 258 g/mol. The fraction of sp³-hybridized carbons (Fsp3) is 0.467. The van der Waals surface area contributed by atoms with Crippen LogP contribution in [0.25, 0.3) is 0 Å². The molecule has 1 aromatic carbocycles. The molecule has 0 radical (unpaired) electrons. The summed E-state index contributed by atoms with van der Waals surface area (Å²) in [4.78, 5) is 11.0. The molecule has 4 nitrogen and oxygen atoms in total. The fourth-order valence-electron chi connectivity index (χ4n) is 2.66. The molecule has 19 heavy (non-hydrogen) atoms. The van der Waals surface area contributed by atoms with Crippen LogP contribution in [0.2, 0.25) is 0 Å². The van der Waals surface area contributed by atoms with Gasteiger partial charge in [-0.1, -0.05) is 6.42 Å². The molecule has 1 aromatic rings. The molecule has 2 unspecified atom stereocenters. The van der Waals surface area contributed by atoms with E-state index in [0.29, 0.717) is 12.0 Å². The van der Waals surface area contributed by atoms with Gasteiger partial charge in [0, 0.05) is 11.7 Å². The number of aliphatic carboxylic acids is 1. The highest BCUT2D eigenvalue weighted by Gasteiger charge is 2.26. The van der Waals surface area contributed by atoms with E-state index in [1.165, 1.54) is 0 Å². The first-order valence-corrected chi connectivity index (χ1v) is 6.60. The first-order valence-electron chi connectivity index (χ1n) is 6.60. The van der Waals surface area contributed by atoms with Crippen molar-refractivity contribution in [1.29, 1.82) is 5.26 Å². The van der Waals surface area contributed by atoms with Crippen LogP contribution in [0.1, 0.15) is 36.8 Å². The van der Waals surface area contributed by atoms with Gasteiger partial charge in [-0.15, -0.1) is 0 Å². The summed E-state index contributed by atoms with van der Waals surface area (Å²) in [6, 6.07) is 7.99. The van der Waals surface area contributed by atoms with E-state index in [1.54, 1.807) is 6.07 Å². The highest BCUT2D eigenvalue weighted by molar-refractivity contribution is 5.70. The van der Waals surface area contributed by atoms with Crippen LogP contribution in [-0.4, -0.2) is 17.1 Å². The van der Waals surface area contributed by atoms with Crippen LogP contribution in [0.5, 0.6) is 0 Å². The summed E-state index contributed by atoms with van der Waals surface area (Å²) in [5.74, 6) is -0.923. The maximum atomic E-state index is 11.0. The maximum Gasteiger partial charge on any atom is 0.306 e. The van der Waals surface area contributed by atoms with E-state index >= 15 is 0 Å². The molecular weight excluding hydrogens is 240 g/mol. The van der Waals surface area contributed by atoms with Gasteiger partial charge in [0.1, 0.15) is 0 Å². The number of carboxylic acid groups (broad SMARTS) is 1. The maximum absolute atomic E-state index is 11.0. The zero-order valence-corrected chi connectivity index (χ0v) is 11.0. The number of aryl methyl sites for hydroxylation is 1. The van der Waals surface area contributed by atoms with Crippen LogP contribution >= 0.6 is 0 Å². The van der Waals surface area contributed by atoms with Crippen molar-refractivity contribution < 1.29 is 9.90 Å². The molecule has 0 saturated heterocycles. The zero-order chi connectivity index (χ0) is 13.8. The van der Waals surface area contributed by atoms with E-state index in [2.05, 4.69) is 11.4 Å². The standard InChI is InChI=1S/C15H18N2O2/c1-10-7-14(6-5-12(10)9-16)17-13-4-2-3-11(8-13)15(18)19/h5-7,11,13,17H,2-4,8H2,1H3,(H,18,19). The minimum Gasteiger partial charge on any atom is -0.481 e. The van der Waals surface area contributed by atoms with Crippen LogP contribution in [0, 0.1) is 24.2 Å². The van der Waals surface area contributed by atoms with Crippen LogP contribution in [0.15, 0.2) is 18.2 Å². The Balaban J connectivity index is 2.03. The van der Waals surface area contributed by atoms with Gasteiger partial charge in [-0.2, -0.15) is 5.26 Å². The number of carboxylic acids is 1. The Kier molecular flexibility index (Phi) is 4.06. The van der Waals surface area contributed by atoms with Crippen LogP contribution in [-0.2, 0) is 4.79 Å². The number of benzene rings is 1. The second-order valence-electron chi connectivity index (χ2n) is 5.18. The number of anilines is 1. The first-order chi connectivity index (χ1) is 9.10. The molecule has 4 heteroatoms. The lowest BCUT2D eigenvalue weighted by atomic mass is 9.85. The molecule has 2 atom stereocenters. The van der Waals surface area contributed by atoms with Crippen molar-refractivity contribution in [3.8, 4) is 6.07 Å². The van der Waals surface area contributed by atoms with Gasteiger partial charge >= 0.3 is 5.97 Å². The largest absolute Gasteiger partial charge is 0.481 e. The molecule has 0 spiro atoms. The fourth-order valence-corrected chi connectivity index (χ4v) is 2.66. The predicted molar refractivity (Wildman–Crippen MR) is 72.9 cm³/mol. The molecule has 0 bridgehead atoms. The Hall–Kier alpha value is -2.02. The second kappa shape index (κ2) is 5.75. The molecular formula is C15H18N2O2. The Morgan fingerprint density at radius 1 is 1.47 bits per heavy atom. The van der Waals surface area contributed by atoms with Gasteiger partial charge in [0.05, 0.1) is 17.6 Å². The minimum atomic E-state index is -0.692. The van der Waals surface area contributed by atoms with Crippen molar-refractivity contribution in [1.82, 2.24) is 0 Å².